The fraction of sp³-hybridized carbons (Fsp3) is 0.929. The third-order valence-electron chi connectivity index (χ3n) is 4.69. The molecule has 4 heteroatoms. The molecular weight excluding hydrogens is 230 g/mol. The van der Waals surface area contributed by atoms with Gasteiger partial charge in [0.05, 0.1) is 12.5 Å². The van der Waals surface area contributed by atoms with Crippen molar-refractivity contribution in [2.24, 2.45) is 5.41 Å². The van der Waals surface area contributed by atoms with E-state index < -0.39 is 0 Å². The summed E-state index contributed by atoms with van der Waals surface area (Å²) in [6, 6.07) is 0. The van der Waals surface area contributed by atoms with Gasteiger partial charge in [0, 0.05) is 26.3 Å². The van der Waals surface area contributed by atoms with Crippen LogP contribution in [0.4, 0.5) is 0 Å². The lowest BCUT2D eigenvalue weighted by Gasteiger charge is -2.40. The molecule has 2 fully saturated rings. The molecule has 2 rings (SSSR count). The third-order valence-corrected chi connectivity index (χ3v) is 4.69. The zero-order valence-electron chi connectivity index (χ0n) is 11.4. The molecule has 0 radical (unpaired) electrons. The first-order chi connectivity index (χ1) is 8.69. The quantitative estimate of drug-likeness (QED) is 0.829. The number of nitrogens with zero attached hydrogens (tertiary/aromatic N) is 1. The molecule has 4 nitrogen and oxygen atoms in total. The second-order valence-electron chi connectivity index (χ2n) is 5.73. The highest BCUT2D eigenvalue weighted by Crippen LogP contribution is 2.34. The Labute approximate surface area is 109 Å². The summed E-state index contributed by atoms with van der Waals surface area (Å²) in [4.78, 5) is 14.1. The Morgan fingerprint density at radius 1 is 1.44 bits per heavy atom. The van der Waals surface area contributed by atoms with Gasteiger partial charge in [-0.2, -0.15) is 0 Å². The molecule has 0 spiro atoms. The van der Waals surface area contributed by atoms with Crippen LogP contribution in [0.3, 0.4) is 0 Å². The standard InChI is InChI=1S/C14H25NO3/c1-2-14(11-16)5-7-15(8-6-14)13(17)10-12-4-3-9-18-12/h12,16H,2-11H2,1H3. The first-order valence-corrected chi connectivity index (χ1v) is 7.19. The number of rotatable bonds is 4. The molecule has 0 aromatic carbocycles. The van der Waals surface area contributed by atoms with Crippen LogP contribution >= 0.6 is 0 Å². The zero-order chi connectivity index (χ0) is 13.0. The lowest BCUT2D eigenvalue weighted by Crippen LogP contribution is -2.45. The van der Waals surface area contributed by atoms with E-state index in [2.05, 4.69) is 6.92 Å². The summed E-state index contributed by atoms with van der Waals surface area (Å²) < 4.78 is 5.51. The minimum atomic E-state index is 0.0562. The van der Waals surface area contributed by atoms with Gasteiger partial charge in [-0.05, 0) is 37.5 Å². The second kappa shape index (κ2) is 6.02. The Hall–Kier alpha value is -0.610. The molecule has 104 valence electrons. The van der Waals surface area contributed by atoms with Crippen molar-refractivity contribution in [3.8, 4) is 0 Å². The first kappa shape index (κ1) is 13.8. The van der Waals surface area contributed by atoms with Gasteiger partial charge in [-0.1, -0.05) is 6.92 Å². The maximum atomic E-state index is 12.1. The molecule has 18 heavy (non-hydrogen) atoms. The van der Waals surface area contributed by atoms with Crippen molar-refractivity contribution in [3.63, 3.8) is 0 Å². The molecular formula is C14H25NO3. The predicted molar refractivity (Wildman–Crippen MR) is 69.2 cm³/mol. The number of likely N-dealkylation sites (tertiary alicyclic amines) is 1. The Morgan fingerprint density at radius 2 is 2.17 bits per heavy atom. The van der Waals surface area contributed by atoms with Crippen molar-refractivity contribution in [3.05, 3.63) is 0 Å². The van der Waals surface area contributed by atoms with Gasteiger partial charge in [0.2, 0.25) is 5.91 Å². The number of ether oxygens (including phenoxy) is 1. The van der Waals surface area contributed by atoms with Crippen LogP contribution in [0.5, 0.6) is 0 Å². The molecule has 1 amide bonds. The number of aliphatic hydroxyl groups excluding tert-OH is 1. The molecule has 1 N–H and O–H groups in total. The van der Waals surface area contributed by atoms with E-state index in [1.54, 1.807) is 0 Å². The fourth-order valence-corrected chi connectivity index (χ4v) is 2.98. The minimum absolute atomic E-state index is 0.0562. The minimum Gasteiger partial charge on any atom is -0.396 e. The van der Waals surface area contributed by atoms with Gasteiger partial charge in [0.1, 0.15) is 0 Å². The molecule has 0 bridgehead atoms. The summed E-state index contributed by atoms with van der Waals surface area (Å²) in [5.74, 6) is 0.226. The van der Waals surface area contributed by atoms with Crippen LogP contribution in [0, 0.1) is 5.41 Å². The Morgan fingerprint density at radius 3 is 2.67 bits per heavy atom. The van der Waals surface area contributed by atoms with Gasteiger partial charge in [-0.25, -0.2) is 0 Å². The van der Waals surface area contributed by atoms with Crippen molar-refractivity contribution < 1.29 is 14.6 Å². The average molecular weight is 255 g/mol. The molecule has 0 aromatic heterocycles. The van der Waals surface area contributed by atoms with Gasteiger partial charge in [0.25, 0.3) is 0 Å². The second-order valence-corrected chi connectivity index (χ2v) is 5.73. The number of carbonyl (C=O) groups is 1. The van der Waals surface area contributed by atoms with E-state index in [0.717, 1.165) is 51.8 Å². The Balaban J connectivity index is 1.79. The zero-order valence-corrected chi connectivity index (χ0v) is 11.4. The molecule has 2 heterocycles. The summed E-state index contributed by atoms with van der Waals surface area (Å²) >= 11 is 0. The highest BCUT2D eigenvalue weighted by Gasteiger charge is 2.34. The maximum Gasteiger partial charge on any atom is 0.225 e. The highest BCUT2D eigenvalue weighted by atomic mass is 16.5. The molecule has 1 unspecified atom stereocenters. The van der Waals surface area contributed by atoms with E-state index in [4.69, 9.17) is 4.74 Å². The largest absolute Gasteiger partial charge is 0.396 e. The molecule has 2 aliphatic rings. The topological polar surface area (TPSA) is 49.8 Å². The van der Waals surface area contributed by atoms with Crippen molar-refractivity contribution in [2.45, 2.75) is 51.6 Å². The summed E-state index contributed by atoms with van der Waals surface area (Å²) in [5.41, 5.74) is 0.0562. The fourth-order valence-electron chi connectivity index (χ4n) is 2.98. The smallest absolute Gasteiger partial charge is 0.225 e. The summed E-state index contributed by atoms with van der Waals surface area (Å²) in [6.45, 7) is 4.76. The number of hydrogen-bond acceptors (Lipinski definition) is 3. The summed E-state index contributed by atoms with van der Waals surface area (Å²) in [6.07, 6.45) is 5.65. The van der Waals surface area contributed by atoms with E-state index in [1.807, 2.05) is 4.90 Å². The molecule has 2 aliphatic heterocycles. The van der Waals surface area contributed by atoms with E-state index in [-0.39, 0.29) is 24.0 Å². The van der Waals surface area contributed by atoms with Gasteiger partial charge < -0.3 is 14.7 Å². The van der Waals surface area contributed by atoms with Crippen molar-refractivity contribution in [1.29, 1.82) is 0 Å². The molecule has 0 aliphatic carbocycles. The maximum absolute atomic E-state index is 12.1. The molecule has 1 atom stereocenters. The van der Waals surface area contributed by atoms with Gasteiger partial charge in [0.15, 0.2) is 0 Å². The van der Waals surface area contributed by atoms with Crippen molar-refractivity contribution in [1.82, 2.24) is 4.90 Å². The van der Waals surface area contributed by atoms with E-state index in [0.29, 0.717) is 6.42 Å². The molecule has 0 saturated carbocycles. The van der Waals surface area contributed by atoms with Crippen LogP contribution in [-0.2, 0) is 9.53 Å². The lowest BCUT2D eigenvalue weighted by atomic mass is 9.77. The van der Waals surface area contributed by atoms with Crippen LogP contribution in [-0.4, -0.2) is 48.3 Å². The highest BCUT2D eigenvalue weighted by molar-refractivity contribution is 5.76. The van der Waals surface area contributed by atoms with Crippen LogP contribution < -0.4 is 0 Å². The molecule has 0 aromatic rings. The monoisotopic (exact) mass is 255 g/mol. The number of aliphatic hydroxyl groups is 1. The number of carbonyl (C=O) groups excluding carboxylic acids is 1. The molecule has 2 saturated heterocycles. The normalized spacial score (nSPS) is 27.4. The third kappa shape index (κ3) is 3.04. The van der Waals surface area contributed by atoms with Crippen LogP contribution in [0.1, 0.15) is 45.4 Å². The predicted octanol–water partition coefficient (Wildman–Crippen LogP) is 1.57. The van der Waals surface area contributed by atoms with E-state index in [9.17, 15) is 9.90 Å². The van der Waals surface area contributed by atoms with E-state index >= 15 is 0 Å². The summed E-state index contributed by atoms with van der Waals surface area (Å²) in [7, 11) is 0. The Kier molecular flexibility index (Phi) is 4.62. The lowest BCUT2D eigenvalue weighted by molar-refractivity contribution is -0.136. The number of amides is 1. The van der Waals surface area contributed by atoms with Crippen LogP contribution in [0.25, 0.3) is 0 Å². The Bertz CT molecular complexity index is 273. The first-order valence-electron chi connectivity index (χ1n) is 7.19. The van der Waals surface area contributed by atoms with Crippen molar-refractivity contribution >= 4 is 5.91 Å². The average Bonchev–Trinajstić information content (AvgIpc) is 2.91. The SMILES string of the molecule is CCC1(CO)CCN(C(=O)CC2CCCO2)CC1. The van der Waals surface area contributed by atoms with Crippen LogP contribution in [0.2, 0.25) is 0 Å². The number of hydrogen-bond donors (Lipinski definition) is 1. The van der Waals surface area contributed by atoms with Gasteiger partial charge >= 0.3 is 0 Å². The van der Waals surface area contributed by atoms with Gasteiger partial charge in [-0.15, -0.1) is 0 Å². The van der Waals surface area contributed by atoms with Crippen LogP contribution in [0.15, 0.2) is 0 Å². The number of piperidine rings is 1. The van der Waals surface area contributed by atoms with E-state index in [1.165, 1.54) is 0 Å². The summed E-state index contributed by atoms with van der Waals surface area (Å²) in [5, 5.41) is 9.47. The van der Waals surface area contributed by atoms with Gasteiger partial charge in [-0.3, -0.25) is 4.79 Å². The van der Waals surface area contributed by atoms with Crippen molar-refractivity contribution in [2.75, 3.05) is 26.3 Å².